The zero-order valence-corrected chi connectivity index (χ0v) is 21.6. The largest absolute Gasteiger partial charge is 0.340 e. The van der Waals surface area contributed by atoms with Crippen LogP contribution in [0.3, 0.4) is 0 Å². The highest BCUT2D eigenvalue weighted by Crippen LogP contribution is 2.38. The van der Waals surface area contributed by atoms with E-state index in [4.69, 9.17) is 4.98 Å². The number of carbonyl (C=O) groups excluding carboxylic acids is 1. The molecule has 0 spiro atoms. The molecular formula is C24H35N7O3S. The Bertz CT molecular complexity index is 1170. The van der Waals surface area contributed by atoms with Crippen LogP contribution in [-0.4, -0.2) is 83.6 Å². The van der Waals surface area contributed by atoms with Gasteiger partial charge in [-0.3, -0.25) is 4.79 Å². The maximum Gasteiger partial charge on any atom is 0.249 e. The standard InChI is InChI=1S/C24H35N7O3S/c1-17-24(32)30(4)21-8-9-22(28-23(21)31(17)19-10-12-25-13-11-19)27-18-6-5-7-20(16-18)35(33,34)26-14-15-29(2)3/h5-9,16-17,19,25-26H,10-15H2,1-4H3,(H,27,28)/t17-/m1/s1. The van der Waals surface area contributed by atoms with Crippen LogP contribution in [0.25, 0.3) is 0 Å². The van der Waals surface area contributed by atoms with Crippen LogP contribution in [0.2, 0.25) is 0 Å². The van der Waals surface area contributed by atoms with Gasteiger partial charge >= 0.3 is 0 Å². The van der Waals surface area contributed by atoms with Crippen molar-refractivity contribution in [2.24, 2.45) is 0 Å². The van der Waals surface area contributed by atoms with Gasteiger partial charge < -0.3 is 25.3 Å². The first-order chi connectivity index (χ1) is 16.7. The maximum absolute atomic E-state index is 12.9. The van der Waals surface area contributed by atoms with Crippen LogP contribution in [0.15, 0.2) is 41.3 Å². The molecule has 10 nitrogen and oxygen atoms in total. The summed E-state index contributed by atoms with van der Waals surface area (Å²) in [6.45, 7) is 4.70. The van der Waals surface area contributed by atoms with Crippen molar-refractivity contribution in [3.63, 3.8) is 0 Å². The van der Waals surface area contributed by atoms with Gasteiger partial charge in [0.25, 0.3) is 0 Å². The molecule has 1 aromatic heterocycles. The Morgan fingerprint density at radius 1 is 1.17 bits per heavy atom. The van der Waals surface area contributed by atoms with Gasteiger partial charge in [-0.05, 0) is 77.3 Å². The van der Waals surface area contributed by atoms with Crippen LogP contribution in [0, 0.1) is 0 Å². The molecule has 1 atom stereocenters. The number of fused-ring (bicyclic) bond motifs is 1. The van der Waals surface area contributed by atoms with Gasteiger partial charge in [0.15, 0.2) is 5.82 Å². The highest BCUT2D eigenvalue weighted by molar-refractivity contribution is 7.89. The van der Waals surface area contributed by atoms with Crippen LogP contribution in [0.4, 0.5) is 23.0 Å². The monoisotopic (exact) mass is 501 g/mol. The molecule has 0 aliphatic carbocycles. The van der Waals surface area contributed by atoms with E-state index < -0.39 is 10.0 Å². The average Bonchev–Trinajstić information content (AvgIpc) is 2.83. The zero-order valence-electron chi connectivity index (χ0n) is 20.8. The second kappa shape index (κ2) is 10.5. The summed E-state index contributed by atoms with van der Waals surface area (Å²) in [5, 5.41) is 6.63. The van der Waals surface area contributed by atoms with Crippen molar-refractivity contribution in [3.05, 3.63) is 36.4 Å². The Hall–Kier alpha value is -2.73. The quantitative estimate of drug-likeness (QED) is 0.500. The fourth-order valence-electron chi connectivity index (χ4n) is 4.61. The first-order valence-corrected chi connectivity index (χ1v) is 13.4. The first kappa shape index (κ1) is 25.4. The van der Waals surface area contributed by atoms with E-state index in [1.54, 1.807) is 30.1 Å². The number of anilines is 4. The van der Waals surface area contributed by atoms with Gasteiger partial charge in [0.2, 0.25) is 15.9 Å². The lowest BCUT2D eigenvalue weighted by Gasteiger charge is -2.45. The predicted molar refractivity (Wildman–Crippen MR) is 139 cm³/mol. The number of sulfonamides is 1. The molecule has 35 heavy (non-hydrogen) atoms. The van der Waals surface area contributed by atoms with Gasteiger partial charge in [-0.1, -0.05) is 6.07 Å². The number of nitrogens with one attached hydrogen (secondary N) is 3. The van der Waals surface area contributed by atoms with Crippen molar-refractivity contribution in [1.29, 1.82) is 0 Å². The van der Waals surface area contributed by atoms with Gasteiger partial charge in [0.05, 0.1) is 10.6 Å². The van der Waals surface area contributed by atoms with E-state index >= 15 is 0 Å². The van der Waals surface area contributed by atoms with Crippen molar-refractivity contribution in [2.75, 3.05) is 62.4 Å². The topological polar surface area (TPSA) is 110 Å². The molecular weight excluding hydrogens is 466 g/mol. The minimum absolute atomic E-state index is 0.0539. The highest BCUT2D eigenvalue weighted by Gasteiger charge is 2.38. The van der Waals surface area contributed by atoms with E-state index in [1.807, 2.05) is 44.1 Å². The van der Waals surface area contributed by atoms with Crippen LogP contribution in [0.1, 0.15) is 19.8 Å². The molecule has 11 heteroatoms. The van der Waals surface area contributed by atoms with E-state index in [9.17, 15) is 13.2 Å². The lowest BCUT2D eigenvalue weighted by molar-refractivity contribution is -0.119. The molecule has 1 amide bonds. The summed E-state index contributed by atoms with van der Waals surface area (Å²) in [5.74, 6) is 1.41. The molecule has 2 aromatic rings. The molecule has 4 rings (SSSR count). The van der Waals surface area contributed by atoms with Crippen LogP contribution in [-0.2, 0) is 14.8 Å². The second-order valence-corrected chi connectivity index (χ2v) is 11.1. The van der Waals surface area contributed by atoms with Gasteiger partial charge in [-0.2, -0.15) is 0 Å². The molecule has 2 aliphatic heterocycles. The fourth-order valence-corrected chi connectivity index (χ4v) is 5.68. The molecule has 0 saturated carbocycles. The van der Waals surface area contributed by atoms with Gasteiger partial charge in [-0.25, -0.2) is 18.1 Å². The number of amides is 1. The van der Waals surface area contributed by atoms with E-state index in [1.165, 1.54) is 0 Å². The summed E-state index contributed by atoms with van der Waals surface area (Å²) >= 11 is 0. The van der Waals surface area contributed by atoms with E-state index in [-0.39, 0.29) is 22.9 Å². The van der Waals surface area contributed by atoms with Gasteiger partial charge in [-0.15, -0.1) is 0 Å². The number of hydrogen-bond donors (Lipinski definition) is 3. The van der Waals surface area contributed by atoms with Crippen molar-refractivity contribution >= 4 is 38.9 Å². The van der Waals surface area contributed by atoms with E-state index in [0.717, 1.165) is 37.4 Å². The lowest BCUT2D eigenvalue weighted by Crippen LogP contribution is -2.56. The molecule has 1 saturated heterocycles. The van der Waals surface area contributed by atoms with Crippen LogP contribution < -0.4 is 25.2 Å². The number of aromatic nitrogens is 1. The third kappa shape index (κ3) is 5.58. The molecule has 1 fully saturated rings. The average molecular weight is 502 g/mol. The zero-order chi connectivity index (χ0) is 25.2. The molecule has 3 heterocycles. The van der Waals surface area contributed by atoms with Gasteiger partial charge in [0.1, 0.15) is 11.9 Å². The van der Waals surface area contributed by atoms with Crippen molar-refractivity contribution in [2.45, 2.75) is 36.7 Å². The molecule has 3 N–H and O–H groups in total. The molecule has 1 aromatic carbocycles. The lowest BCUT2D eigenvalue weighted by atomic mass is 10.00. The second-order valence-electron chi connectivity index (χ2n) is 9.35. The summed E-state index contributed by atoms with van der Waals surface area (Å²) in [7, 11) is 1.95. The van der Waals surface area contributed by atoms with Crippen molar-refractivity contribution < 1.29 is 13.2 Å². The van der Waals surface area contributed by atoms with E-state index in [0.29, 0.717) is 24.6 Å². The van der Waals surface area contributed by atoms with Gasteiger partial charge in [0, 0.05) is 31.9 Å². The number of nitrogens with zero attached hydrogens (tertiary/aromatic N) is 4. The minimum Gasteiger partial charge on any atom is -0.340 e. The Morgan fingerprint density at radius 3 is 2.63 bits per heavy atom. The number of benzene rings is 1. The molecule has 0 unspecified atom stereocenters. The van der Waals surface area contributed by atoms with Crippen molar-refractivity contribution in [1.82, 2.24) is 19.9 Å². The maximum atomic E-state index is 12.9. The normalized spacial score (nSPS) is 19.2. The van der Waals surface area contributed by atoms with Crippen LogP contribution >= 0.6 is 0 Å². The SMILES string of the molecule is C[C@@H]1C(=O)N(C)c2ccc(Nc3cccc(S(=O)(=O)NCCN(C)C)c3)nc2N1C1CCNCC1. The molecule has 0 radical (unpaired) electrons. The summed E-state index contributed by atoms with van der Waals surface area (Å²) in [6.07, 6.45) is 1.89. The smallest absolute Gasteiger partial charge is 0.249 e. The summed E-state index contributed by atoms with van der Waals surface area (Å²) in [5.41, 5.74) is 1.40. The Morgan fingerprint density at radius 2 is 1.91 bits per heavy atom. The van der Waals surface area contributed by atoms with Crippen LogP contribution in [0.5, 0.6) is 0 Å². The fraction of sp³-hybridized carbons (Fsp3) is 0.500. The Balaban J connectivity index is 1.59. The molecule has 190 valence electrons. The van der Waals surface area contributed by atoms with E-state index in [2.05, 4.69) is 20.3 Å². The van der Waals surface area contributed by atoms with Crippen molar-refractivity contribution in [3.8, 4) is 0 Å². The predicted octanol–water partition coefficient (Wildman–Crippen LogP) is 1.59. The number of piperidine rings is 1. The summed E-state index contributed by atoms with van der Waals surface area (Å²) in [6, 6.07) is 10.3. The number of rotatable bonds is 8. The number of hydrogen-bond acceptors (Lipinski definition) is 8. The Labute approximate surface area is 207 Å². The number of likely N-dealkylation sites (N-methyl/N-ethyl adjacent to an activating group) is 2. The first-order valence-electron chi connectivity index (χ1n) is 12.0. The Kier molecular flexibility index (Phi) is 7.60. The third-order valence-electron chi connectivity index (χ3n) is 6.54. The minimum atomic E-state index is -3.62. The summed E-state index contributed by atoms with van der Waals surface area (Å²) in [4.78, 5) is 23.7. The number of pyridine rings is 1. The summed E-state index contributed by atoms with van der Waals surface area (Å²) < 4.78 is 28.0. The number of carbonyl (C=O) groups is 1. The highest BCUT2D eigenvalue weighted by atomic mass is 32.2. The third-order valence-corrected chi connectivity index (χ3v) is 7.99. The molecule has 2 aliphatic rings. The molecule has 0 bridgehead atoms.